The fourth-order valence-corrected chi connectivity index (χ4v) is 2.45. The first-order chi connectivity index (χ1) is 10.1. The summed E-state index contributed by atoms with van der Waals surface area (Å²) in [4.78, 5) is 11.6. The first-order valence-electron chi connectivity index (χ1n) is 7.45. The second-order valence-electron chi connectivity index (χ2n) is 5.63. The number of carbonyl (C=O) groups excluding carboxylic acids is 1. The van der Waals surface area contributed by atoms with Gasteiger partial charge in [0.05, 0.1) is 6.04 Å². The molecule has 0 bridgehead atoms. The first-order valence-corrected chi connectivity index (χ1v) is 7.45. The largest absolute Gasteiger partial charge is 0.491 e. The Balaban J connectivity index is 1.74. The number of benzene rings is 1. The molecule has 21 heavy (non-hydrogen) atoms. The Morgan fingerprint density at radius 3 is 3.00 bits per heavy atom. The molecule has 5 nitrogen and oxygen atoms in total. The van der Waals surface area contributed by atoms with Gasteiger partial charge in [0.1, 0.15) is 18.5 Å². The Morgan fingerprint density at radius 2 is 2.29 bits per heavy atom. The van der Waals surface area contributed by atoms with Gasteiger partial charge in [-0.25, -0.2) is 0 Å². The lowest BCUT2D eigenvalue weighted by Crippen LogP contribution is -2.50. The van der Waals surface area contributed by atoms with E-state index in [-0.39, 0.29) is 18.6 Å². The van der Waals surface area contributed by atoms with Crippen LogP contribution in [0.2, 0.25) is 0 Å². The van der Waals surface area contributed by atoms with Gasteiger partial charge in [0.15, 0.2) is 0 Å². The van der Waals surface area contributed by atoms with Crippen molar-refractivity contribution in [2.75, 3.05) is 19.7 Å². The van der Waals surface area contributed by atoms with E-state index in [9.17, 15) is 9.90 Å². The Bertz CT molecular complexity index is 490. The third-order valence-corrected chi connectivity index (χ3v) is 3.65. The van der Waals surface area contributed by atoms with Crippen LogP contribution in [0.25, 0.3) is 0 Å². The lowest BCUT2D eigenvalue weighted by molar-refractivity contribution is -0.124. The number of carbonyl (C=O) groups is 1. The highest BCUT2D eigenvalue weighted by Gasteiger charge is 2.22. The van der Waals surface area contributed by atoms with E-state index in [1.165, 1.54) is 5.56 Å². The lowest BCUT2D eigenvalue weighted by atomic mass is 10.1. The summed E-state index contributed by atoms with van der Waals surface area (Å²) in [6.45, 7) is 5.33. The molecule has 2 atom stereocenters. The number of amides is 1. The number of aliphatic hydroxyl groups is 1. The average molecular weight is 292 g/mol. The van der Waals surface area contributed by atoms with E-state index in [1.54, 1.807) is 0 Å². The number of piperidine rings is 1. The van der Waals surface area contributed by atoms with Crippen LogP contribution in [0.3, 0.4) is 0 Å². The predicted octanol–water partition coefficient (Wildman–Crippen LogP) is 0.911. The highest BCUT2D eigenvalue weighted by atomic mass is 16.5. The van der Waals surface area contributed by atoms with E-state index in [2.05, 4.69) is 10.6 Å². The van der Waals surface area contributed by atoms with Crippen LogP contribution in [0.1, 0.15) is 24.0 Å². The number of hydrogen-bond donors (Lipinski definition) is 3. The fourth-order valence-electron chi connectivity index (χ4n) is 2.45. The van der Waals surface area contributed by atoms with Crippen LogP contribution < -0.4 is 15.4 Å². The topological polar surface area (TPSA) is 70.6 Å². The molecule has 2 unspecified atom stereocenters. The van der Waals surface area contributed by atoms with Crippen molar-refractivity contribution < 1.29 is 14.6 Å². The zero-order chi connectivity index (χ0) is 15.2. The van der Waals surface area contributed by atoms with Gasteiger partial charge in [0.2, 0.25) is 5.91 Å². The summed E-state index contributed by atoms with van der Waals surface area (Å²) in [5.41, 5.74) is 2.24. The van der Waals surface area contributed by atoms with Crippen molar-refractivity contribution >= 4 is 5.91 Å². The first kappa shape index (κ1) is 15.8. The smallest absolute Gasteiger partial charge is 0.237 e. The maximum absolute atomic E-state index is 11.6. The highest BCUT2D eigenvalue weighted by molar-refractivity contribution is 5.82. The normalized spacial score (nSPS) is 20.0. The molecule has 1 amide bonds. The molecule has 2 rings (SSSR count). The Kier molecular flexibility index (Phi) is 5.59. The summed E-state index contributed by atoms with van der Waals surface area (Å²) in [6.07, 6.45) is 1.15. The van der Waals surface area contributed by atoms with Crippen molar-refractivity contribution in [3.63, 3.8) is 0 Å². The van der Waals surface area contributed by atoms with E-state index in [4.69, 9.17) is 4.74 Å². The van der Waals surface area contributed by atoms with E-state index >= 15 is 0 Å². The minimum absolute atomic E-state index is 0.0174. The summed E-state index contributed by atoms with van der Waals surface area (Å²) in [5, 5.41) is 15.9. The molecule has 116 valence electrons. The predicted molar refractivity (Wildman–Crippen MR) is 81.5 cm³/mol. The van der Waals surface area contributed by atoms with Crippen LogP contribution in [-0.2, 0) is 4.79 Å². The summed E-state index contributed by atoms with van der Waals surface area (Å²) < 4.78 is 5.63. The molecule has 0 spiro atoms. The number of nitrogens with one attached hydrogen (secondary N) is 2. The van der Waals surface area contributed by atoms with Gasteiger partial charge in [-0.2, -0.15) is 0 Å². The second-order valence-corrected chi connectivity index (χ2v) is 5.63. The van der Waals surface area contributed by atoms with Crippen LogP contribution >= 0.6 is 0 Å². The average Bonchev–Trinajstić information content (AvgIpc) is 2.45. The third-order valence-electron chi connectivity index (χ3n) is 3.65. The van der Waals surface area contributed by atoms with Crippen molar-refractivity contribution in [1.82, 2.24) is 10.6 Å². The summed E-state index contributed by atoms with van der Waals surface area (Å²) >= 11 is 0. The van der Waals surface area contributed by atoms with Gasteiger partial charge in [0, 0.05) is 13.1 Å². The molecule has 0 aromatic heterocycles. The van der Waals surface area contributed by atoms with Crippen molar-refractivity contribution in [2.24, 2.45) is 0 Å². The van der Waals surface area contributed by atoms with Crippen LogP contribution in [0, 0.1) is 13.8 Å². The second kappa shape index (κ2) is 7.43. The molecule has 1 heterocycles. The van der Waals surface area contributed by atoms with Crippen LogP contribution in [-0.4, -0.2) is 42.9 Å². The summed E-state index contributed by atoms with van der Waals surface area (Å²) in [5.74, 6) is 0.804. The van der Waals surface area contributed by atoms with Crippen LogP contribution in [0.15, 0.2) is 18.2 Å². The third kappa shape index (κ3) is 4.72. The van der Waals surface area contributed by atoms with Crippen molar-refractivity contribution in [3.05, 3.63) is 29.3 Å². The fraction of sp³-hybridized carbons (Fsp3) is 0.562. The maximum atomic E-state index is 11.6. The van der Waals surface area contributed by atoms with E-state index in [1.807, 2.05) is 32.0 Å². The van der Waals surface area contributed by atoms with Crippen molar-refractivity contribution in [3.8, 4) is 5.75 Å². The minimum Gasteiger partial charge on any atom is -0.491 e. The molecule has 0 aliphatic carbocycles. The molecule has 0 radical (unpaired) electrons. The minimum atomic E-state index is -0.638. The Morgan fingerprint density at radius 1 is 1.48 bits per heavy atom. The van der Waals surface area contributed by atoms with Gasteiger partial charge in [0.25, 0.3) is 0 Å². The van der Waals surface area contributed by atoms with Crippen molar-refractivity contribution in [2.45, 2.75) is 38.8 Å². The van der Waals surface area contributed by atoms with Crippen molar-refractivity contribution in [1.29, 1.82) is 0 Å². The molecule has 1 saturated heterocycles. The van der Waals surface area contributed by atoms with E-state index < -0.39 is 6.10 Å². The van der Waals surface area contributed by atoms with Gasteiger partial charge in [-0.1, -0.05) is 17.7 Å². The molecule has 1 aliphatic heterocycles. The quantitative estimate of drug-likeness (QED) is 0.729. The zero-order valence-electron chi connectivity index (χ0n) is 12.7. The summed E-state index contributed by atoms with van der Waals surface area (Å²) in [7, 11) is 0. The molecule has 3 N–H and O–H groups in total. The molecule has 5 heteroatoms. The van der Waals surface area contributed by atoms with E-state index in [0.717, 1.165) is 30.7 Å². The van der Waals surface area contributed by atoms with Gasteiger partial charge in [-0.15, -0.1) is 0 Å². The number of aryl methyl sites for hydroxylation is 2. The number of aliphatic hydroxyl groups excluding tert-OH is 1. The monoisotopic (exact) mass is 292 g/mol. The van der Waals surface area contributed by atoms with Gasteiger partial charge < -0.3 is 20.5 Å². The standard InChI is InChI=1S/C16H24N2O3/c1-11-5-6-15(12(2)8-11)21-10-13(19)9-18-14-4-3-7-17-16(14)20/h5-6,8,13-14,18-19H,3-4,7,9-10H2,1-2H3,(H,17,20). The molecule has 0 saturated carbocycles. The van der Waals surface area contributed by atoms with E-state index in [0.29, 0.717) is 6.54 Å². The molecule has 1 aromatic rings. The van der Waals surface area contributed by atoms with Gasteiger partial charge in [-0.3, -0.25) is 4.79 Å². The molecule has 1 aromatic carbocycles. The molecule has 1 fully saturated rings. The number of ether oxygens (including phenoxy) is 1. The Labute approximate surface area is 125 Å². The SMILES string of the molecule is Cc1ccc(OCC(O)CNC2CCCNC2=O)c(C)c1. The van der Waals surface area contributed by atoms with Gasteiger partial charge in [-0.05, 0) is 38.3 Å². The van der Waals surface area contributed by atoms with Crippen LogP contribution in [0.4, 0.5) is 0 Å². The van der Waals surface area contributed by atoms with Gasteiger partial charge >= 0.3 is 0 Å². The molecular formula is C16H24N2O3. The van der Waals surface area contributed by atoms with Crippen LogP contribution in [0.5, 0.6) is 5.75 Å². The molecular weight excluding hydrogens is 268 g/mol. The number of hydrogen-bond acceptors (Lipinski definition) is 4. The highest BCUT2D eigenvalue weighted by Crippen LogP contribution is 2.18. The molecule has 1 aliphatic rings. The lowest BCUT2D eigenvalue weighted by Gasteiger charge is -2.24. The maximum Gasteiger partial charge on any atom is 0.237 e. The number of rotatable bonds is 6. The zero-order valence-corrected chi connectivity index (χ0v) is 12.7. The Hall–Kier alpha value is -1.59. The summed E-state index contributed by atoms with van der Waals surface area (Å²) in [6, 6.07) is 5.75.